The maximum atomic E-state index is 12.3. The van der Waals surface area contributed by atoms with E-state index in [2.05, 4.69) is 15.4 Å². The van der Waals surface area contributed by atoms with Crippen LogP contribution in [0.5, 0.6) is 0 Å². The molecule has 0 radical (unpaired) electrons. The van der Waals surface area contributed by atoms with Crippen LogP contribution < -0.4 is 5.32 Å². The Bertz CT molecular complexity index is 903. The average molecular weight is 382 g/mol. The van der Waals surface area contributed by atoms with Gasteiger partial charge in [0.2, 0.25) is 5.82 Å². The van der Waals surface area contributed by atoms with E-state index >= 15 is 0 Å². The van der Waals surface area contributed by atoms with Gasteiger partial charge in [0, 0.05) is 20.8 Å². The second-order valence-electron chi connectivity index (χ2n) is 4.99. The van der Waals surface area contributed by atoms with Crippen molar-refractivity contribution < 1.29 is 4.79 Å². The van der Waals surface area contributed by atoms with Crippen molar-refractivity contribution in [2.75, 3.05) is 5.32 Å². The predicted molar refractivity (Wildman–Crippen MR) is 95.5 cm³/mol. The van der Waals surface area contributed by atoms with Gasteiger partial charge in [0.25, 0.3) is 5.91 Å². The van der Waals surface area contributed by atoms with Gasteiger partial charge in [-0.1, -0.05) is 40.9 Å². The number of amides is 1. The van der Waals surface area contributed by atoms with Crippen molar-refractivity contribution in [2.45, 2.75) is 6.92 Å². The molecule has 0 fully saturated rings. The summed E-state index contributed by atoms with van der Waals surface area (Å²) in [5.41, 5.74) is 1.19. The molecular weight excluding hydrogens is 371 g/mol. The highest BCUT2D eigenvalue weighted by Gasteiger charge is 2.16. The molecule has 2 aromatic carbocycles. The summed E-state index contributed by atoms with van der Waals surface area (Å²) in [7, 11) is 0. The van der Waals surface area contributed by atoms with Crippen molar-refractivity contribution in [1.29, 1.82) is 0 Å². The Morgan fingerprint density at radius 3 is 2.42 bits per heavy atom. The molecule has 24 heavy (non-hydrogen) atoms. The van der Waals surface area contributed by atoms with Crippen LogP contribution in [0.25, 0.3) is 5.69 Å². The number of carbonyl (C=O) groups excluding carboxylic acids is 1. The van der Waals surface area contributed by atoms with E-state index in [1.54, 1.807) is 49.4 Å². The number of rotatable bonds is 3. The highest BCUT2D eigenvalue weighted by molar-refractivity contribution is 6.34. The van der Waals surface area contributed by atoms with E-state index in [1.165, 1.54) is 4.68 Å². The Morgan fingerprint density at radius 1 is 1.04 bits per heavy atom. The number of benzene rings is 2. The Labute approximate surface area is 153 Å². The largest absolute Gasteiger partial charge is 0.319 e. The molecule has 0 aliphatic rings. The van der Waals surface area contributed by atoms with Crippen LogP contribution in [0, 0.1) is 6.92 Å². The second-order valence-corrected chi connectivity index (χ2v) is 6.30. The quantitative estimate of drug-likeness (QED) is 0.709. The first-order valence-corrected chi connectivity index (χ1v) is 8.03. The summed E-state index contributed by atoms with van der Waals surface area (Å²) < 4.78 is 1.50. The first-order valence-electron chi connectivity index (χ1n) is 6.89. The fourth-order valence-corrected chi connectivity index (χ4v) is 2.85. The van der Waals surface area contributed by atoms with Crippen molar-refractivity contribution in [3.8, 4) is 5.69 Å². The van der Waals surface area contributed by atoms with Gasteiger partial charge in [-0.3, -0.25) is 4.79 Å². The molecule has 0 saturated heterocycles. The Morgan fingerprint density at radius 2 is 1.75 bits per heavy atom. The Hall–Kier alpha value is -2.08. The summed E-state index contributed by atoms with van der Waals surface area (Å²) in [5, 5.41) is 8.39. The van der Waals surface area contributed by atoms with Crippen molar-refractivity contribution in [3.63, 3.8) is 0 Å². The van der Waals surface area contributed by atoms with Crippen molar-refractivity contribution in [1.82, 2.24) is 14.8 Å². The van der Waals surface area contributed by atoms with Gasteiger partial charge in [-0.15, -0.1) is 5.10 Å². The summed E-state index contributed by atoms with van der Waals surface area (Å²) in [6, 6.07) is 11.8. The SMILES string of the molecule is Cc1nc(C(=O)Nc2cccc(Cl)c2)nn1-c1cc(Cl)cc(Cl)c1. The molecule has 1 aromatic heterocycles. The van der Waals surface area contributed by atoms with E-state index in [1.807, 2.05) is 0 Å². The number of hydrogen-bond donors (Lipinski definition) is 1. The third-order valence-corrected chi connectivity index (χ3v) is 3.82. The molecule has 0 unspecified atom stereocenters. The third kappa shape index (κ3) is 3.70. The topological polar surface area (TPSA) is 59.8 Å². The fraction of sp³-hybridized carbons (Fsp3) is 0.0625. The zero-order valence-electron chi connectivity index (χ0n) is 12.4. The van der Waals surface area contributed by atoms with Crippen LogP contribution in [0.3, 0.4) is 0 Å². The van der Waals surface area contributed by atoms with Crippen LogP contribution in [0.2, 0.25) is 15.1 Å². The predicted octanol–water partition coefficient (Wildman–Crippen LogP) is 4.79. The summed E-state index contributed by atoms with van der Waals surface area (Å²) in [5.74, 6) is 0.125. The first kappa shape index (κ1) is 16.8. The Balaban J connectivity index is 1.89. The minimum atomic E-state index is -0.438. The minimum absolute atomic E-state index is 0.0311. The number of carbonyl (C=O) groups is 1. The van der Waals surface area contributed by atoms with Crippen LogP contribution in [-0.4, -0.2) is 20.7 Å². The van der Waals surface area contributed by atoms with Gasteiger partial charge in [0.15, 0.2) is 0 Å². The van der Waals surface area contributed by atoms with Crippen LogP contribution in [-0.2, 0) is 0 Å². The number of anilines is 1. The number of nitrogens with zero attached hydrogens (tertiary/aromatic N) is 3. The molecule has 0 saturated carbocycles. The van der Waals surface area contributed by atoms with E-state index in [9.17, 15) is 4.79 Å². The standard InChI is InChI=1S/C16H11Cl3N4O/c1-9-20-15(16(24)21-13-4-2-3-10(17)6-13)22-23(9)14-7-11(18)5-12(19)8-14/h2-8H,1H3,(H,21,24). The number of aromatic nitrogens is 3. The normalized spacial score (nSPS) is 10.7. The van der Waals surface area contributed by atoms with Crippen LogP contribution >= 0.6 is 34.8 Å². The Kier molecular flexibility index (Phi) is 4.76. The molecule has 8 heteroatoms. The number of aryl methyl sites for hydroxylation is 1. The molecule has 3 aromatic rings. The van der Waals surface area contributed by atoms with E-state index in [0.717, 1.165) is 0 Å². The van der Waals surface area contributed by atoms with Crippen molar-refractivity contribution in [2.24, 2.45) is 0 Å². The lowest BCUT2D eigenvalue weighted by molar-refractivity contribution is 0.101. The fourth-order valence-electron chi connectivity index (χ4n) is 2.15. The van der Waals surface area contributed by atoms with Crippen molar-refractivity contribution in [3.05, 3.63) is 69.2 Å². The van der Waals surface area contributed by atoms with Gasteiger partial charge < -0.3 is 5.32 Å². The van der Waals surface area contributed by atoms with Crippen LogP contribution in [0.15, 0.2) is 42.5 Å². The molecule has 1 heterocycles. The average Bonchev–Trinajstić information content (AvgIpc) is 2.88. The zero-order valence-corrected chi connectivity index (χ0v) is 14.7. The smallest absolute Gasteiger partial charge is 0.295 e. The molecule has 122 valence electrons. The maximum Gasteiger partial charge on any atom is 0.295 e. The maximum absolute atomic E-state index is 12.3. The lowest BCUT2D eigenvalue weighted by Crippen LogP contribution is -2.14. The van der Waals surface area contributed by atoms with Gasteiger partial charge in [-0.05, 0) is 43.3 Å². The van der Waals surface area contributed by atoms with E-state index in [-0.39, 0.29) is 5.82 Å². The van der Waals surface area contributed by atoms with Gasteiger partial charge in [0.05, 0.1) is 5.69 Å². The molecule has 5 nitrogen and oxygen atoms in total. The molecule has 0 bridgehead atoms. The highest BCUT2D eigenvalue weighted by Crippen LogP contribution is 2.22. The van der Waals surface area contributed by atoms with Crippen LogP contribution in [0.4, 0.5) is 5.69 Å². The van der Waals surface area contributed by atoms with E-state index in [4.69, 9.17) is 34.8 Å². The first-order chi connectivity index (χ1) is 11.4. The van der Waals surface area contributed by atoms with E-state index < -0.39 is 5.91 Å². The summed E-state index contributed by atoms with van der Waals surface area (Å²) in [6.07, 6.45) is 0. The number of halogens is 3. The monoisotopic (exact) mass is 380 g/mol. The lowest BCUT2D eigenvalue weighted by Gasteiger charge is -2.04. The number of nitrogens with one attached hydrogen (secondary N) is 1. The third-order valence-electron chi connectivity index (χ3n) is 3.15. The highest BCUT2D eigenvalue weighted by atomic mass is 35.5. The molecule has 1 amide bonds. The zero-order chi connectivity index (χ0) is 17.3. The summed E-state index contributed by atoms with van der Waals surface area (Å²) in [6.45, 7) is 1.73. The summed E-state index contributed by atoms with van der Waals surface area (Å²) in [4.78, 5) is 16.5. The number of hydrogen-bond acceptors (Lipinski definition) is 3. The molecular formula is C16H11Cl3N4O. The molecule has 1 N–H and O–H groups in total. The summed E-state index contributed by atoms with van der Waals surface area (Å²) >= 11 is 17.9. The lowest BCUT2D eigenvalue weighted by atomic mass is 10.3. The van der Waals surface area contributed by atoms with Gasteiger partial charge in [0.1, 0.15) is 5.82 Å². The second kappa shape index (κ2) is 6.81. The molecule has 3 rings (SSSR count). The molecule has 0 aliphatic heterocycles. The van der Waals surface area contributed by atoms with E-state index in [0.29, 0.717) is 32.3 Å². The van der Waals surface area contributed by atoms with Gasteiger partial charge in [-0.25, -0.2) is 9.67 Å². The van der Waals surface area contributed by atoms with Gasteiger partial charge in [-0.2, -0.15) is 0 Å². The van der Waals surface area contributed by atoms with Crippen molar-refractivity contribution >= 4 is 46.4 Å². The molecule has 0 spiro atoms. The van der Waals surface area contributed by atoms with Gasteiger partial charge >= 0.3 is 0 Å². The molecule has 0 aliphatic carbocycles. The minimum Gasteiger partial charge on any atom is -0.319 e. The molecule has 0 atom stereocenters. The van der Waals surface area contributed by atoms with Crippen LogP contribution in [0.1, 0.15) is 16.4 Å².